The van der Waals surface area contributed by atoms with E-state index in [0.717, 1.165) is 12.8 Å². The minimum absolute atomic E-state index is 0.352. The number of nitrogen functional groups attached to an aromatic ring is 2. The van der Waals surface area contributed by atoms with Crippen LogP contribution in [0.15, 0.2) is 18.2 Å². The van der Waals surface area contributed by atoms with Crippen LogP contribution in [0.2, 0.25) is 0 Å². The van der Waals surface area contributed by atoms with Gasteiger partial charge in [0.2, 0.25) is 0 Å². The zero-order chi connectivity index (χ0) is 11.3. The van der Waals surface area contributed by atoms with E-state index in [1.807, 2.05) is 6.92 Å². The number of hydrogen-bond donors (Lipinski definition) is 2. The smallest absolute Gasteiger partial charge is 0.338 e. The van der Waals surface area contributed by atoms with Gasteiger partial charge in [0.25, 0.3) is 0 Å². The lowest BCUT2D eigenvalue weighted by molar-refractivity contribution is 0.0500. The lowest BCUT2D eigenvalue weighted by Crippen LogP contribution is -2.07. The quantitative estimate of drug-likeness (QED) is 0.449. The third kappa shape index (κ3) is 3.16. The Hall–Kier alpha value is -1.71. The molecule has 15 heavy (non-hydrogen) atoms. The molecule has 0 atom stereocenters. The van der Waals surface area contributed by atoms with Crippen LogP contribution < -0.4 is 11.5 Å². The highest BCUT2D eigenvalue weighted by molar-refractivity contribution is 5.91. The summed E-state index contributed by atoms with van der Waals surface area (Å²) in [7, 11) is 0. The molecular weight excluding hydrogens is 192 g/mol. The van der Waals surface area contributed by atoms with E-state index in [1.54, 1.807) is 12.1 Å². The largest absolute Gasteiger partial charge is 0.462 e. The van der Waals surface area contributed by atoms with Crippen molar-refractivity contribution < 1.29 is 9.53 Å². The summed E-state index contributed by atoms with van der Waals surface area (Å²) in [6.07, 6.45) is 1.87. The lowest BCUT2D eigenvalue weighted by Gasteiger charge is -2.05. The molecule has 0 saturated carbocycles. The topological polar surface area (TPSA) is 78.3 Å². The van der Waals surface area contributed by atoms with Crippen LogP contribution in [0.5, 0.6) is 0 Å². The SMILES string of the molecule is CCCCOC(=O)c1ccc(N)c(N)c1. The van der Waals surface area contributed by atoms with Gasteiger partial charge in [0.1, 0.15) is 0 Å². The summed E-state index contributed by atoms with van der Waals surface area (Å²) in [4.78, 5) is 11.5. The molecule has 4 heteroatoms. The maximum atomic E-state index is 11.5. The van der Waals surface area contributed by atoms with Crippen molar-refractivity contribution in [2.24, 2.45) is 0 Å². The molecule has 4 nitrogen and oxygen atoms in total. The van der Waals surface area contributed by atoms with Crippen LogP contribution in [0.1, 0.15) is 30.1 Å². The molecule has 0 aliphatic carbocycles. The van der Waals surface area contributed by atoms with Crippen LogP contribution in [-0.2, 0) is 4.74 Å². The molecule has 4 N–H and O–H groups in total. The van der Waals surface area contributed by atoms with Gasteiger partial charge in [0.15, 0.2) is 0 Å². The van der Waals surface area contributed by atoms with Crippen molar-refractivity contribution in [3.63, 3.8) is 0 Å². The van der Waals surface area contributed by atoms with Crippen molar-refractivity contribution in [2.45, 2.75) is 19.8 Å². The van der Waals surface area contributed by atoms with Gasteiger partial charge in [-0.2, -0.15) is 0 Å². The molecule has 1 aromatic carbocycles. The highest BCUT2D eigenvalue weighted by Gasteiger charge is 2.07. The standard InChI is InChI=1S/C11H16N2O2/c1-2-3-6-15-11(14)8-4-5-9(12)10(13)7-8/h4-5,7H,2-3,6,12-13H2,1H3. The van der Waals surface area contributed by atoms with E-state index in [1.165, 1.54) is 6.07 Å². The Morgan fingerprint density at radius 3 is 2.67 bits per heavy atom. The van der Waals surface area contributed by atoms with Gasteiger partial charge in [0.05, 0.1) is 23.5 Å². The molecule has 0 aliphatic heterocycles. The van der Waals surface area contributed by atoms with Gasteiger partial charge in [-0.1, -0.05) is 13.3 Å². The molecule has 0 aliphatic rings. The maximum Gasteiger partial charge on any atom is 0.338 e. The van der Waals surface area contributed by atoms with Gasteiger partial charge in [-0.3, -0.25) is 0 Å². The van der Waals surface area contributed by atoms with E-state index in [9.17, 15) is 4.79 Å². The van der Waals surface area contributed by atoms with Crippen molar-refractivity contribution in [2.75, 3.05) is 18.1 Å². The van der Waals surface area contributed by atoms with E-state index < -0.39 is 0 Å². The molecule has 82 valence electrons. The van der Waals surface area contributed by atoms with E-state index in [0.29, 0.717) is 23.5 Å². The van der Waals surface area contributed by atoms with Crippen molar-refractivity contribution in [1.82, 2.24) is 0 Å². The second-order valence-corrected chi connectivity index (χ2v) is 3.33. The van der Waals surface area contributed by atoms with Crippen LogP contribution in [0.4, 0.5) is 11.4 Å². The highest BCUT2D eigenvalue weighted by Crippen LogP contribution is 2.16. The van der Waals surface area contributed by atoms with E-state index in [2.05, 4.69) is 0 Å². The van der Waals surface area contributed by atoms with Gasteiger partial charge in [-0.25, -0.2) is 4.79 Å². The summed E-state index contributed by atoms with van der Waals surface area (Å²) in [5.41, 5.74) is 12.4. The minimum Gasteiger partial charge on any atom is -0.462 e. The molecule has 0 amide bonds. The van der Waals surface area contributed by atoms with Crippen molar-refractivity contribution in [3.8, 4) is 0 Å². The maximum absolute atomic E-state index is 11.5. The van der Waals surface area contributed by atoms with Crippen molar-refractivity contribution in [1.29, 1.82) is 0 Å². The predicted octanol–water partition coefficient (Wildman–Crippen LogP) is 1.81. The number of carbonyl (C=O) groups excluding carboxylic acids is 1. The number of esters is 1. The number of anilines is 2. The van der Waals surface area contributed by atoms with Gasteiger partial charge in [0, 0.05) is 0 Å². The Morgan fingerprint density at radius 2 is 2.07 bits per heavy atom. The fraction of sp³-hybridized carbons (Fsp3) is 0.364. The van der Waals surface area contributed by atoms with E-state index in [-0.39, 0.29) is 5.97 Å². The molecule has 0 saturated heterocycles. The minimum atomic E-state index is -0.352. The Bertz CT molecular complexity index is 350. The first kappa shape index (κ1) is 11.4. The van der Waals surface area contributed by atoms with Crippen LogP contribution in [0.25, 0.3) is 0 Å². The molecule has 0 heterocycles. The Kier molecular flexibility index (Phi) is 3.97. The number of benzene rings is 1. The molecule has 1 aromatic rings. The fourth-order valence-electron chi connectivity index (χ4n) is 1.09. The Labute approximate surface area is 89.2 Å². The molecule has 0 radical (unpaired) electrons. The lowest BCUT2D eigenvalue weighted by atomic mass is 10.2. The Morgan fingerprint density at radius 1 is 1.33 bits per heavy atom. The van der Waals surface area contributed by atoms with E-state index >= 15 is 0 Å². The third-order valence-electron chi connectivity index (χ3n) is 2.05. The second-order valence-electron chi connectivity index (χ2n) is 3.33. The summed E-state index contributed by atoms with van der Waals surface area (Å²) >= 11 is 0. The number of nitrogens with two attached hydrogens (primary N) is 2. The van der Waals surface area contributed by atoms with Crippen LogP contribution >= 0.6 is 0 Å². The average Bonchev–Trinajstić information content (AvgIpc) is 2.22. The number of unbranched alkanes of at least 4 members (excludes halogenated alkanes) is 1. The zero-order valence-electron chi connectivity index (χ0n) is 8.82. The molecular formula is C11H16N2O2. The Balaban J connectivity index is 2.62. The second kappa shape index (κ2) is 5.24. The monoisotopic (exact) mass is 208 g/mol. The first-order valence-electron chi connectivity index (χ1n) is 4.97. The molecule has 0 unspecified atom stereocenters. The zero-order valence-corrected chi connectivity index (χ0v) is 8.82. The summed E-state index contributed by atoms with van der Waals surface area (Å²) in [5, 5.41) is 0. The molecule has 0 aromatic heterocycles. The number of carbonyl (C=O) groups is 1. The van der Waals surface area contributed by atoms with Crippen molar-refractivity contribution in [3.05, 3.63) is 23.8 Å². The molecule has 0 bridgehead atoms. The third-order valence-corrected chi connectivity index (χ3v) is 2.05. The number of ether oxygens (including phenoxy) is 1. The van der Waals surface area contributed by atoms with Crippen LogP contribution in [0, 0.1) is 0 Å². The predicted molar refractivity (Wildman–Crippen MR) is 60.5 cm³/mol. The summed E-state index contributed by atoms with van der Waals surface area (Å²) in [6, 6.07) is 4.75. The normalized spacial score (nSPS) is 9.93. The first-order valence-corrected chi connectivity index (χ1v) is 4.97. The average molecular weight is 208 g/mol. The summed E-state index contributed by atoms with van der Waals surface area (Å²) in [6.45, 7) is 2.48. The number of hydrogen-bond acceptors (Lipinski definition) is 4. The van der Waals surface area contributed by atoms with Crippen LogP contribution in [0.3, 0.4) is 0 Å². The number of rotatable bonds is 4. The van der Waals surface area contributed by atoms with Gasteiger partial charge >= 0.3 is 5.97 Å². The summed E-state index contributed by atoms with van der Waals surface area (Å²) < 4.78 is 5.03. The van der Waals surface area contributed by atoms with E-state index in [4.69, 9.17) is 16.2 Å². The van der Waals surface area contributed by atoms with Gasteiger partial charge in [-0.05, 0) is 24.6 Å². The summed E-state index contributed by atoms with van der Waals surface area (Å²) in [5.74, 6) is -0.352. The molecule has 0 spiro atoms. The fourth-order valence-corrected chi connectivity index (χ4v) is 1.09. The van der Waals surface area contributed by atoms with Gasteiger partial charge in [-0.15, -0.1) is 0 Å². The van der Waals surface area contributed by atoms with Crippen LogP contribution in [-0.4, -0.2) is 12.6 Å². The van der Waals surface area contributed by atoms with Gasteiger partial charge < -0.3 is 16.2 Å². The highest BCUT2D eigenvalue weighted by atomic mass is 16.5. The first-order chi connectivity index (χ1) is 7.15. The molecule has 0 fully saturated rings. The van der Waals surface area contributed by atoms with Crippen molar-refractivity contribution >= 4 is 17.3 Å². The molecule has 1 rings (SSSR count).